The van der Waals surface area contributed by atoms with Crippen molar-refractivity contribution < 1.29 is 16.0 Å². The third-order valence-corrected chi connectivity index (χ3v) is 6.62. The molecule has 3 heterocycles. The van der Waals surface area contributed by atoms with Gasteiger partial charge in [-0.1, -0.05) is 0 Å². The van der Waals surface area contributed by atoms with Gasteiger partial charge in [0, 0.05) is 0 Å². The third kappa shape index (κ3) is 2.74. The van der Waals surface area contributed by atoms with E-state index >= 15 is 0 Å². The van der Waals surface area contributed by atoms with Crippen LogP contribution in [0.1, 0.15) is 0 Å². The monoisotopic (exact) mass is 336 g/mol. The SMILES string of the molecule is c1cc[c]([Ru]([c]2ccccn2)[c]2ccccn2)nc1. The van der Waals surface area contributed by atoms with Crippen LogP contribution in [-0.2, 0) is 16.0 Å². The molecule has 3 aromatic heterocycles. The minimum atomic E-state index is -1.69. The van der Waals surface area contributed by atoms with Gasteiger partial charge in [-0.2, -0.15) is 0 Å². The third-order valence-electron chi connectivity index (χ3n) is 2.41. The molecule has 3 aromatic rings. The fourth-order valence-electron chi connectivity index (χ4n) is 1.61. The fourth-order valence-corrected chi connectivity index (χ4v) is 5.41. The van der Waals surface area contributed by atoms with Crippen LogP contribution in [0.5, 0.6) is 0 Å². The molecule has 0 aromatic carbocycles. The predicted octanol–water partition coefficient (Wildman–Crippen LogP) is 0.766. The minimum absolute atomic E-state index is 1.10. The van der Waals surface area contributed by atoms with Crippen LogP contribution in [0.2, 0.25) is 0 Å². The Morgan fingerprint density at radius 2 is 0.895 bits per heavy atom. The van der Waals surface area contributed by atoms with Gasteiger partial charge in [0.25, 0.3) is 0 Å². The second kappa shape index (κ2) is 5.81. The topological polar surface area (TPSA) is 38.7 Å². The van der Waals surface area contributed by atoms with Crippen molar-refractivity contribution in [3.05, 3.63) is 73.2 Å². The van der Waals surface area contributed by atoms with Gasteiger partial charge < -0.3 is 0 Å². The summed E-state index contributed by atoms with van der Waals surface area (Å²) in [4.78, 5) is 13.5. The van der Waals surface area contributed by atoms with E-state index in [2.05, 4.69) is 33.2 Å². The fraction of sp³-hybridized carbons (Fsp3) is 0. The van der Waals surface area contributed by atoms with Crippen molar-refractivity contribution in [2.45, 2.75) is 0 Å². The molecule has 95 valence electrons. The molecule has 0 aliphatic rings. The summed E-state index contributed by atoms with van der Waals surface area (Å²) in [6, 6.07) is 18.1. The molecule has 0 atom stereocenters. The standard InChI is InChI=1S/3C5H4N.Ru/c3*1-2-4-6-5-3-1;/h3*1-4H;. The molecule has 4 heteroatoms. The second-order valence-corrected chi connectivity index (χ2v) is 7.66. The van der Waals surface area contributed by atoms with E-state index in [9.17, 15) is 0 Å². The number of nitrogens with zero attached hydrogens (tertiary/aromatic N) is 3. The molecular formula is C15H12N3Ru. The Morgan fingerprint density at radius 1 is 0.526 bits per heavy atom. The Kier molecular flexibility index (Phi) is 3.71. The van der Waals surface area contributed by atoms with Gasteiger partial charge in [0.05, 0.1) is 0 Å². The predicted molar refractivity (Wildman–Crippen MR) is 71.6 cm³/mol. The van der Waals surface area contributed by atoms with Crippen molar-refractivity contribution in [1.82, 2.24) is 15.0 Å². The van der Waals surface area contributed by atoms with E-state index in [1.165, 1.54) is 0 Å². The molecule has 0 spiro atoms. The molecule has 19 heavy (non-hydrogen) atoms. The molecule has 0 amide bonds. The van der Waals surface area contributed by atoms with Gasteiger partial charge in [0.1, 0.15) is 0 Å². The maximum atomic E-state index is 4.52. The Hall–Kier alpha value is -1.93. The molecule has 0 radical (unpaired) electrons. The van der Waals surface area contributed by atoms with Gasteiger partial charge in [-0.05, 0) is 0 Å². The quantitative estimate of drug-likeness (QED) is 0.664. The van der Waals surface area contributed by atoms with Crippen molar-refractivity contribution in [2.75, 3.05) is 0 Å². The van der Waals surface area contributed by atoms with Crippen LogP contribution in [0.25, 0.3) is 0 Å². The van der Waals surface area contributed by atoms with E-state index in [1.807, 2.05) is 55.0 Å². The Labute approximate surface area is 117 Å². The summed E-state index contributed by atoms with van der Waals surface area (Å²) in [5.41, 5.74) is 0. The van der Waals surface area contributed by atoms with Crippen LogP contribution < -0.4 is 12.9 Å². The second-order valence-electron chi connectivity index (χ2n) is 3.69. The van der Waals surface area contributed by atoms with E-state index in [4.69, 9.17) is 0 Å². The average molecular weight is 335 g/mol. The number of hydrogen-bond donors (Lipinski definition) is 0. The van der Waals surface area contributed by atoms with Gasteiger partial charge in [0.2, 0.25) is 0 Å². The van der Waals surface area contributed by atoms with Gasteiger partial charge in [-0.15, -0.1) is 0 Å². The van der Waals surface area contributed by atoms with E-state index in [1.54, 1.807) is 0 Å². The zero-order chi connectivity index (χ0) is 12.9. The molecule has 0 aliphatic heterocycles. The maximum absolute atomic E-state index is 4.52. The first-order valence-electron chi connectivity index (χ1n) is 5.84. The van der Waals surface area contributed by atoms with Gasteiger partial charge in [0.15, 0.2) is 0 Å². The summed E-state index contributed by atoms with van der Waals surface area (Å²) in [5.74, 6) is 0. The average Bonchev–Trinajstić information content (AvgIpc) is 2.51. The first kappa shape index (κ1) is 12.1. The van der Waals surface area contributed by atoms with Gasteiger partial charge in [-0.3, -0.25) is 0 Å². The Morgan fingerprint density at radius 3 is 1.16 bits per heavy atom. The van der Waals surface area contributed by atoms with Gasteiger partial charge >= 0.3 is 117 Å². The normalized spacial score (nSPS) is 11.1. The van der Waals surface area contributed by atoms with Crippen LogP contribution in [0.15, 0.2) is 73.2 Å². The zero-order valence-corrected chi connectivity index (χ0v) is 11.9. The van der Waals surface area contributed by atoms with Crippen molar-refractivity contribution >= 4 is 12.9 Å². The van der Waals surface area contributed by atoms with Crippen molar-refractivity contribution in [3.8, 4) is 0 Å². The number of hydrogen-bond acceptors (Lipinski definition) is 3. The molecule has 0 saturated carbocycles. The molecule has 0 N–H and O–H groups in total. The summed E-state index contributed by atoms with van der Waals surface area (Å²) in [6.07, 6.45) is 5.51. The molecule has 0 aliphatic carbocycles. The van der Waals surface area contributed by atoms with E-state index in [0.717, 1.165) is 12.9 Å². The van der Waals surface area contributed by atoms with Crippen molar-refractivity contribution in [2.24, 2.45) is 0 Å². The van der Waals surface area contributed by atoms with E-state index < -0.39 is 16.0 Å². The molecule has 0 fully saturated rings. The molecule has 0 saturated heterocycles. The molecule has 0 bridgehead atoms. The van der Waals surface area contributed by atoms with E-state index in [0.29, 0.717) is 0 Å². The van der Waals surface area contributed by atoms with Gasteiger partial charge in [-0.25, -0.2) is 0 Å². The zero-order valence-electron chi connectivity index (χ0n) is 10.1. The van der Waals surface area contributed by atoms with Crippen molar-refractivity contribution in [3.63, 3.8) is 0 Å². The molecule has 3 rings (SSSR count). The first-order chi connectivity index (χ1) is 9.45. The summed E-state index contributed by atoms with van der Waals surface area (Å²) in [5, 5.41) is 0. The van der Waals surface area contributed by atoms with Crippen molar-refractivity contribution in [1.29, 1.82) is 0 Å². The molecule has 3 nitrogen and oxygen atoms in total. The van der Waals surface area contributed by atoms with Crippen LogP contribution >= 0.6 is 0 Å². The molecule has 0 unspecified atom stereocenters. The number of aromatic nitrogens is 3. The Bertz CT molecular complexity index is 535. The number of rotatable bonds is 3. The van der Waals surface area contributed by atoms with Crippen LogP contribution in [0.3, 0.4) is 0 Å². The first-order valence-corrected chi connectivity index (χ1v) is 8.45. The van der Waals surface area contributed by atoms with Crippen LogP contribution in [-0.4, -0.2) is 15.0 Å². The van der Waals surface area contributed by atoms with E-state index in [-0.39, 0.29) is 0 Å². The van der Waals surface area contributed by atoms with Crippen LogP contribution in [0, 0.1) is 0 Å². The summed E-state index contributed by atoms with van der Waals surface area (Å²) in [7, 11) is 0. The van der Waals surface area contributed by atoms with Crippen LogP contribution in [0.4, 0.5) is 0 Å². The summed E-state index contributed by atoms with van der Waals surface area (Å²) >= 11 is -1.69. The summed E-state index contributed by atoms with van der Waals surface area (Å²) < 4.78 is 3.30. The molecular weight excluding hydrogens is 323 g/mol. The number of pyridine rings is 3. The summed E-state index contributed by atoms with van der Waals surface area (Å²) in [6.45, 7) is 0. The Balaban J connectivity index is 2.12.